The van der Waals surface area contributed by atoms with E-state index in [9.17, 15) is 13.2 Å². The van der Waals surface area contributed by atoms with E-state index in [-0.39, 0.29) is 4.90 Å². The van der Waals surface area contributed by atoms with Crippen LogP contribution in [-0.2, 0) is 20.5 Å². The first kappa shape index (κ1) is 19.9. The fourth-order valence-electron chi connectivity index (χ4n) is 2.67. The van der Waals surface area contributed by atoms with Gasteiger partial charge in [-0.05, 0) is 25.2 Å². The largest absolute Gasteiger partial charge is 0.468 e. The molecule has 0 atom stereocenters. The average Bonchev–Trinajstić information content (AvgIpc) is 3.15. The number of ether oxygens (including phenoxy) is 1. The second-order valence-corrected chi connectivity index (χ2v) is 9.01. The number of sulfonamides is 1. The van der Waals surface area contributed by atoms with Gasteiger partial charge >= 0.3 is 5.97 Å². The molecule has 8 nitrogen and oxygen atoms in total. The molecular formula is C17H21N3O5S2. The number of hydrogen-bond donors (Lipinski definition) is 0. The lowest BCUT2D eigenvalue weighted by Crippen LogP contribution is -2.47. The van der Waals surface area contributed by atoms with Crippen molar-refractivity contribution in [2.45, 2.75) is 15.7 Å². The number of carbonyl (C=O) groups excluding carboxylic acids is 1. The van der Waals surface area contributed by atoms with Crippen molar-refractivity contribution in [3.8, 4) is 0 Å². The van der Waals surface area contributed by atoms with Gasteiger partial charge in [-0.3, -0.25) is 0 Å². The van der Waals surface area contributed by atoms with E-state index in [1.54, 1.807) is 18.2 Å². The number of likely N-dealkylation sites (N-methyl/N-ethyl adjacent to an activating group) is 1. The summed E-state index contributed by atoms with van der Waals surface area (Å²) >= 11 is 1.35. The van der Waals surface area contributed by atoms with Gasteiger partial charge in [0.2, 0.25) is 10.0 Å². The zero-order valence-electron chi connectivity index (χ0n) is 15.1. The molecule has 1 fully saturated rings. The van der Waals surface area contributed by atoms with Gasteiger partial charge in [0.25, 0.3) is 0 Å². The van der Waals surface area contributed by atoms with Crippen LogP contribution in [-0.4, -0.2) is 68.9 Å². The first-order valence-corrected chi connectivity index (χ1v) is 10.8. The van der Waals surface area contributed by atoms with Crippen molar-refractivity contribution in [2.24, 2.45) is 0 Å². The van der Waals surface area contributed by atoms with Crippen molar-refractivity contribution in [1.29, 1.82) is 0 Å². The third-order valence-corrected chi connectivity index (χ3v) is 7.14. The van der Waals surface area contributed by atoms with Gasteiger partial charge in [0.1, 0.15) is 16.2 Å². The number of methoxy groups -OCH3 is 1. The third-order valence-electron chi connectivity index (χ3n) is 4.31. The molecule has 1 saturated heterocycles. The number of esters is 1. The quantitative estimate of drug-likeness (QED) is 0.524. The van der Waals surface area contributed by atoms with Crippen molar-refractivity contribution in [3.63, 3.8) is 0 Å². The maximum atomic E-state index is 12.7. The highest BCUT2D eigenvalue weighted by atomic mass is 32.2. The number of thioether (sulfide) groups is 1. The fraction of sp³-hybridized carbons (Fsp3) is 0.412. The first-order chi connectivity index (χ1) is 12.9. The minimum absolute atomic E-state index is 0.185. The Hall–Kier alpha value is -1.88. The van der Waals surface area contributed by atoms with Crippen LogP contribution in [0.5, 0.6) is 0 Å². The van der Waals surface area contributed by atoms with E-state index < -0.39 is 16.0 Å². The summed E-state index contributed by atoms with van der Waals surface area (Å²) in [6.45, 7) is 2.38. The van der Waals surface area contributed by atoms with Gasteiger partial charge in [-0.25, -0.2) is 18.2 Å². The van der Waals surface area contributed by atoms with Crippen LogP contribution in [0.4, 0.5) is 0 Å². The van der Waals surface area contributed by atoms with E-state index >= 15 is 0 Å². The summed E-state index contributed by atoms with van der Waals surface area (Å²) in [6, 6.07) is 4.78. The average molecular weight is 412 g/mol. The Morgan fingerprint density at radius 3 is 2.63 bits per heavy atom. The lowest BCUT2D eigenvalue weighted by atomic mass is 10.3. The Labute approximate surface area is 162 Å². The van der Waals surface area contributed by atoms with Gasteiger partial charge in [0.15, 0.2) is 0 Å². The minimum Gasteiger partial charge on any atom is -0.468 e. The molecule has 1 aliphatic rings. The molecule has 0 aromatic carbocycles. The van der Waals surface area contributed by atoms with E-state index in [0.717, 1.165) is 0 Å². The molecule has 0 unspecified atom stereocenters. The van der Waals surface area contributed by atoms with E-state index in [4.69, 9.17) is 9.15 Å². The standard InChI is InChI=1S/C17H21N3O5S2/c1-19-6-8-20(9-7-19)27(22,23)13-3-4-16(18-11-13)26-12-15-14(5-10-25-15)17(21)24-2/h3-5,10-11H,6-9,12H2,1-2H3. The SMILES string of the molecule is COC(=O)c1ccoc1CSc1ccc(S(=O)(=O)N2CCN(C)CC2)cn1. The van der Waals surface area contributed by atoms with Gasteiger partial charge < -0.3 is 14.1 Å². The summed E-state index contributed by atoms with van der Waals surface area (Å²) < 4.78 is 36.9. The predicted octanol–water partition coefficient (Wildman–Crippen LogP) is 1.69. The lowest BCUT2D eigenvalue weighted by molar-refractivity contribution is 0.0598. The summed E-state index contributed by atoms with van der Waals surface area (Å²) in [7, 11) is -0.239. The molecule has 0 N–H and O–H groups in total. The van der Waals surface area contributed by atoms with Crippen LogP contribution in [0.2, 0.25) is 0 Å². The molecule has 0 radical (unpaired) electrons. The summed E-state index contributed by atoms with van der Waals surface area (Å²) in [4.78, 5) is 18.2. The summed E-state index contributed by atoms with van der Waals surface area (Å²) in [5.41, 5.74) is 0.374. The van der Waals surface area contributed by atoms with Gasteiger partial charge in [-0.2, -0.15) is 4.31 Å². The van der Waals surface area contributed by atoms with Gasteiger partial charge in [-0.1, -0.05) is 11.8 Å². The molecule has 27 heavy (non-hydrogen) atoms. The zero-order valence-corrected chi connectivity index (χ0v) is 16.8. The van der Waals surface area contributed by atoms with E-state index in [2.05, 4.69) is 9.88 Å². The van der Waals surface area contributed by atoms with Gasteiger partial charge in [0.05, 0.1) is 24.2 Å². The van der Waals surface area contributed by atoms with Crippen LogP contribution in [0.15, 0.2) is 45.0 Å². The summed E-state index contributed by atoms with van der Waals surface area (Å²) in [6.07, 6.45) is 2.81. The Kier molecular flexibility index (Phi) is 6.20. The number of piperazine rings is 1. The number of carbonyl (C=O) groups is 1. The Balaban J connectivity index is 1.65. The molecule has 2 aromatic rings. The molecule has 1 aliphatic heterocycles. The van der Waals surface area contributed by atoms with Crippen LogP contribution in [0.1, 0.15) is 16.1 Å². The number of nitrogens with zero attached hydrogens (tertiary/aromatic N) is 3. The molecule has 0 aliphatic carbocycles. The molecule has 10 heteroatoms. The van der Waals surface area contributed by atoms with Crippen LogP contribution >= 0.6 is 11.8 Å². The second kappa shape index (κ2) is 8.42. The van der Waals surface area contributed by atoms with Crippen molar-refractivity contribution >= 4 is 27.8 Å². The first-order valence-electron chi connectivity index (χ1n) is 8.34. The highest BCUT2D eigenvalue weighted by molar-refractivity contribution is 7.98. The summed E-state index contributed by atoms with van der Waals surface area (Å²) in [5, 5.41) is 0.638. The lowest BCUT2D eigenvalue weighted by Gasteiger charge is -2.31. The van der Waals surface area contributed by atoms with Gasteiger partial charge in [-0.15, -0.1) is 0 Å². The maximum Gasteiger partial charge on any atom is 0.341 e. The molecule has 2 aromatic heterocycles. The number of pyridine rings is 1. The Bertz CT molecular complexity index is 888. The molecule has 146 valence electrons. The molecule has 0 saturated carbocycles. The Morgan fingerprint density at radius 1 is 1.26 bits per heavy atom. The molecule has 3 heterocycles. The normalized spacial score (nSPS) is 16.4. The van der Waals surface area contributed by atoms with Crippen molar-refractivity contribution in [3.05, 3.63) is 42.0 Å². The smallest absolute Gasteiger partial charge is 0.341 e. The predicted molar refractivity (Wildman–Crippen MR) is 100 cm³/mol. The van der Waals surface area contributed by atoms with Crippen LogP contribution < -0.4 is 0 Å². The second-order valence-electron chi connectivity index (χ2n) is 6.08. The molecule has 3 rings (SSSR count). The van der Waals surface area contributed by atoms with Crippen molar-refractivity contribution in [2.75, 3.05) is 40.3 Å². The van der Waals surface area contributed by atoms with Crippen LogP contribution in [0, 0.1) is 0 Å². The molecule has 0 amide bonds. The highest BCUT2D eigenvalue weighted by Crippen LogP contribution is 2.25. The third kappa shape index (κ3) is 4.52. The van der Waals surface area contributed by atoms with Crippen molar-refractivity contribution in [1.82, 2.24) is 14.2 Å². The monoisotopic (exact) mass is 411 g/mol. The van der Waals surface area contributed by atoms with E-state index in [1.807, 2.05) is 7.05 Å². The number of hydrogen-bond acceptors (Lipinski definition) is 8. The topological polar surface area (TPSA) is 92.9 Å². The van der Waals surface area contributed by atoms with Crippen LogP contribution in [0.25, 0.3) is 0 Å². The molecular weight excluding hydrogens is 390 g/mol. The highest BCUT2D eigenvalue weighted by Gasteiger charge is 2.27. The number of aromatic nitrogens is 1. The molecule has 0 bridgehead atoms. The summed E-state index contributed by atoms with van der Waals surface area (Å²) in [5.74, 6) is 0.415. The zero-order chi connectivity index (χ0) is 19.4. The van der Waals surface area contributed by atoms with Crippen LogP contribution in [0.3, 0.4) is 0 Å². The molecule has 0 spiro atoms. The van der Waals surface area contributed by atoms with Crippen molar-refractivity contribution < 1.29 is 22.4 Å². The Morgan fingerprint density at radius 2 is 2.00 bits per heavy atom. The van der Waals surface area contributed by atoms with E-state index in [0.29, 0.717) is 48.3 Å². The minimum atomic E-state index is -3.53. The number of furan rings is 1. The fourth-order valence-corrected chi connectivity index (χ4v) is 4.83. The van der Waals surface area contributed by atoms with Gasteiger partial charge in [0, 0.05) is 32.4 Å². The number of rotatable bonds is 6. The maximum absolute atomic E-state index is 12.7. The van der Waals surface area contributed by atoms with E-state index in [1.165, 1.54) is 35.6 Å².